The molecule has 1 aliphatic rings. The molecule has 3 rings (SSSR count). The highest BCUT2D eigenvalue weighted by Crippen LogP contribution is 2.28. The first-order valence-corrected chi connectivity index (χ1v) is 9.54. The zero-order chi connectivity index (χ0) is 21.8. The van der Waals surface area contributed by atoms with Gasteiger partial charge in [0, 0.05) is 43.5 Å². The van der Waals surface area contributed by atoms with Crippen LogP contribution in [-0.2, 0) is 0 Å². The van der Waals surface area contributed by atoms with Crippen molar-refractivity contribution in [3.63, 3.8) is 0 Å². The van der Waals surface area contributed by atoms with Crippen LogP contribution < -0.4 is 10.2 Å². The Morgan fingerprint density at radius 2 is 1.77 bits per heavy atom. The van der Waals surface area contributed by atoms with Crippen molar-refractivity contribution in [3.8, 4) is 0 Å². The highest BCUT2D eigenvalue weighted by Gasteiger charge is 2.24. The summed E-state index contributed by atoms with van der Waals surface area (Å²) in [6.07, 6.45) is 0.946. The van der Waals surface area contributed by atoms with Crippen LogP contribution in [0.15, 0.2) is 36.4 Å². The van der Waals surface area contributed by atoms with Crippen molar-refractivity contribution in [1.82, 2.24) is 4.90 Å². The van der Waals surface area contributed by atoms with E-state index in [1.807, 2.05) is 7.05 Å². The molecule has 1 fully saturated rings. The zero-order valence-corrected chi connectivity index (χ0v) is 16.8. The maximum atomic E-state index is 12.9. The van der Waals surface area contributed by atoms with Crippen molar-refractivity contribution in [2.75, 3.05) is 43.4 Å². The van der Waals surface area contributed by atoms with Gasteiger partial charge in [0.15, 0.2) is 0 Å². The van der Waals surface area contributed by atoms with Crippen LogP contribution in [0.3, 0.4) is 0 Å². The van der Waals surface area contributed by atoms with Crippen LogP contribution in [0, 0.1) is 27.2 Å². The summed E-state index contributed by atoms with van der Waals surface area (Å²) in [5.74, 6) is -0.681. The number of carbonyl (C=O) groups excluding carboxylic acids is 1. The van der Waals surface area contributed by atoms with Gasteiger partial charge in [-0.15, -0.1) is 0 Å². The second kappa shape index (κ2) is 8.87. The summed E-state index contributed by atoms with van der Waals surface area (Å²) in [4.78, 5) is 38.6. The quantitative estimate of drug-likeness (QED) is 0.590. The molecule has 0 spiro atoms. The molecule has 2 aromatic rings. The average Bonchev–Trinajstić information content (AvgIpc) is 2.93. The molecule has 158 valence electrons. The number of benzene rings is 2. The van der Waals surface area contributed by atoms with Gasteiger partial charge in [0.2, 0.25) is 0 Å². The molecule has 1 heterocycles. The number of anilines is 2. The summed E-state index contributed by atoms with van der Waals surface area (Å²) in [5.41, 5.74) is 1.02. The van der Waals surface area contributed by atoms with Crippen molar-refractivity contribution in [3.05, 3.63) is 67.8 Å². The number of nitro benzene ring substituents is 2. The van der Waals surface area contributed by atoms with Gasteiger partial charge in [-0.05, 0) is 44.6 Å². The average molecular weight is 413 g/mol. The van der Waals surface area contributed by atoms with Crippen LogP contribution in [0.2, 0.25) is 0 Å². The predicted octanol–water partition coefficient (Wildman–Crippen LogP) is 3.21. The molecule has 2 aromatic carbocycles. The molecule has 10 nitrogen and oxygen atoms in total. The molecule has 0 aliphatic carbocycles. The van der Waals surface area contributed by atoms with Crippen molar-refractivity contribution in [2.24, 2.45) is 0 Å². The smallest absolute Gasteiger partial charge is 0.282 e. The van der Waals surface area contributed by atoms with E-state index in [4.69, 9.17) is 0 Å². The Morgan fingerprint density at radius 3 is 2.47 bits per heavy atom. The molecular weight excluding hydrogens is 390 g/mol. The van der Waals surface area contributed by atoms with Gasteiger partial charge in [0.1, 0.15) is 5.56 Å². The lowest BCUT2D eigenvalue weighted by Crippen LogP contribution is -2.29. The molecule has 0 atom stereocenters. The van der Waals surface area contributed by atoms with E-state index in [0.717, 1.165) is 38.3 Å². The van der Waals surface area contributed by atoms with Crippen molar-refractivity contribution >= 4 is 28.7 Å². The topological polar surface area (TPSA) is 122 Å². The minimum Gasteiger partial charge on any atom is -0.370 e. The monoisotopic (exact) mass is 413 g/mol. The van der Waals surface area contributed by atoms with E-state index in [-0.39, 0.29) is 22.6 Å². The molecule has 0 saturated carbocycles. The molecular formula is C20H23N5O5. The largest absolute Gasteiger partial charge is 0.370 e. The van der Waals surface area contributed by atoms with Gasteiger partial charge < -0.3 is 15.1 Å². The number of nitro groups is 2. The minimum atomic E-state index is -0.681. The number of likely N-dealkylation sites (N-methyl/N-ethyl adjacent to an activating group) is 1. The van der Waals surface area contributed by atoms with E-state index in [2.05, 4.69) is 15.1 Å². The highest BCUT2D eigenvalue weighted by atomic mass is 16.6. The van der Waals surface area contributed by atoms with Crippen LogP contribution in [-0.4, -0.2) is 53.9 Å². The zero-order valence-electron chi connectivity index (χ0n) is 16.8. The summed E-state index contributed by atoms with van der Waals surface area (Å²) in [6.45, 7) is 5.04. The van der Waals surface area contributed by atoms with E-state index in [1.165, 1.54) is 30.3 Å². The Bertz CT molecular complexity index is 994. The fraction of sp³-hybridized carbons (Fsp3) is 0.350. The molecule has 0 radical (unpaired) electrons. The first-order chi connectivity index (χ1) is 14.3. The second-order valence-electron chi connectivity index (χ2n) is 7.31. The third-order valence-electron chi connectivity index (χ3n) is 5.19. The fourth-order valence-corrected chi connectivity index (χ4v) is 3.41. The summed E-state index contributed by atoms with van der Waals surface area (Å²) in [7, 11) is 2.04. The van der Waals surface area contributed by atoms with Gasteiger partial charge >= 0.3 is 0 Å². The Hall–Kier alpha value is -3.53. The van der Waals surface area contributed by atoms with Crippen LogP contribution in [0.4, 0.5) is 22.7 Å². The molecule has 0 aromatic heterocycles. The van der Waals surface area contributed by atoms with Crippen LogP contribution in [0.5, 0.6) is 0 Å². The van der Waals surface area contributed by atoms with E-state index >= 15 is 0 Å². The summed E-state index contributed by atoms with van der Waals surface area (Å²) in [5, 5.41) is 25.1. The number of aryl methyl sites for hydroxylation is 1. The number of amides is 1. The van der Waals surface area contributed by atoms with E-state index in [9.17, 15) is 25.0 Å². The Balaban J connectivity index is 1.93. The first kappa shape index (κ1) is 21.2. The Kier molecular flexibility index (Phi) is 6.26. The Morgan fingerprint density at radius 1 is 1.00 bits per heavy atom. The van der Waals surface area contributed by atoms with Gasteiger partial charge in [-0.25, -0.2) is 0 Å². The van der Waals surface area contributed by atoms with Crippen molar-refractivity contribution in [2.45, 2.75) is 13.3 Å². The molecule has 0 bridgehead atoms. The van der Waals surface area contributed by atoms with Gasteiger partial charge in [0.25, 0.3) is 17.3 Å². The van der Waals surface area contributed by atoms with Gasteiger partial charge in [-0.2, -0.15) is 0 Å². The number of rotatable bonds is 5. The van der Waals surface area contributed by atoms with E-state index in [0.29, 0.717) is 5.56 Å². The molecule has 30 heavy (non-hydrogen) atoms. The highest BCUT2D eigenvalue weighted by molar-refractivity contribution is 6.08. The number of non-ortho nitro benzene ring substituents is 1. The summed E-state index contributed by atoms with van der Waals surface area (Å²) in [6, 6.07) is 8.60. The van der Waals surface area contributed by atoms with Crippen molar-refractivity contribution in [1.29, 1.82) is 0 Å². The predicted molar refractivity (Wildman–Crippen MR) is 113 cm³/mol. The standard InChI is InChI=1S/C20H23N5O5/c1-14-4-5-16(24(27)28)13-18(14)21-20(26)17-12-15(6-7-19(17)25(29)30)23-9-3-8-22(2)10-11-23/h4-7,12-13H,3,8-11H2,1-2H3,(H,21,26). The summed E-state index contributed by atoms with van der Waals surface area (Å²) < 4.78 is 0. The second-order valence-corrected chi connectivity index (χ2v) is 7.31. The number of carbonyl (C=O) groups is 1. The maximum Gasteiger partial charge on any atom is 0.282 e. The van der Waals surface area contributed by atoms with Gasteiger partial charge in [-0.3, -0.25) is 25.0 Å². The molecule has 1 saturated heterocycles. The SMILES string of the molecule is Cc1ccc([N+](=O)[O-])cc1NC(=O)c1cc(N2CCCN(C)CC2)ccc1[N+](=O)[O-]. The molecule has 1 aliphatic heterocycles. The third-order valence-corrected chi connectivity index (χ3v) is 5.19. The minimum absolute atomic E-state index is 0.0824. The van der Waals surface area contributed by atoms with Gasteiger partial charge in [0.05, 0.1) is 15.5 Å². The van der Waals surface area contributed by atoms with E-state index < -0.39 is 15.8 Å². The molecule has 1 amide bonds. The molecule has 0 unspecified atom stereocenters. The van der Waals surface area contributed by atoms with E-state index in [1.54, 1.807) is 13.0 Å². The van der Waals surface area contributed by atoms with Crippen LogP contribution in [0.25, 0.3) is 0 Å². The van der Waals surface area contributed by atoms with Crippen molar-refractivity contribution < 1.29 is 14.6 Å². The lowest BCUT2D eigenvalue weighted by Gasteiger charge is -2.23. The Labute approximate surface area is 173 Å². The fourth-order valence-electron chi connectivity index (χ4n) is 3.41. The normalized spacial score (nSPS) is 14.8. The van der Waals surface area contributed by atoms with Crippen LogP contribution >= 0.6 is 0 Å². The molecule has 10 heteroatoms. The number of nitrogens with one attached hydrogen (secondary N) is 1. The third kappa shape index (κ3) is 4.71. The lowest BCUT2D eigenvalue weighted by molar-refractivity contribution is -0.385. The number of nitrogens with zero attached hydrogens (tertiary/aromatic N) is 4. The van der Waals surface area contributed by atoms with Gasteiger partial charge in [-0.1, -0.05) is 6.07 Å². The summed E-state index contributed by atoms with van der Waals surface area (Å²) >= 11 is 0. The number of hydrogen-bond donors (Lipinski definition) is 1. The maximum absolute atomic E-state index is 12.9. The lowest BCUT2D eigenvalue weighted by atomic mass is 10.1. The molecule has 1 N–H and O–H groups in total. The number of hydrogen-bond acceptors (Lipinski definition) is 7. The first-order valence-electron chi connectivity index (χ1n) is 9.54. The van der Waals surface area contributed by atoms with Crippen LogP contribution in [0.1, 0.15) is 22.3 Å².